The van der Waals surface area contributed by atoms with E-state index in [1.165, 1.54) is 35.2 Å². The highest BCUT2D eigenvalue weighted by Crippen LogP contribution is 2.37. The molecule has 1 aromatic heterocycles. The van der Waals surface area contributed by atoms with E-state index in [1.54, 1.807) is 37.3 Å². The van der Waals surface area contributed by atoms with Crippen molar-refractivity contribution >= 4 is 57.3 Å². The zero-order valence-electron chi connectivity index (χ0n) is 16.4. The van der Waals surface area contributed by atoms with Crippen molar-refractivity contribution < 1.29 is 19.1 Å². The molecular formula is C21H13N3O6S2. The number of nitro groups is 2. The molecule has 160 valence electrons. The smallest absolute Gasteiger partial charge is 0.271 e. The number of thiocarbonyl (C=S) groups is 1. The van der Waals surface area contributed by atoms with Crippen molar-refractivity contribution in [2.24, 2.45) is 0 Å². The molecule has 11 heteroatoms. The molecule has 32 heavy (non-hydrogen) atoms. The van der Waals surface area contributed by atoms with Gasteiger partial charge in [-0.15, -0.1) is 0 Å². The predicted molar refractivity (Wildman–Crippen MR) is 124 cm³/mol. The number of carbonyl (C=O) groups is 1. The van der Waals surface area contributed by atoms with Crippen molar-refractivity contribution in [1.29, 1.82) is 0 Å². The second-order valence-electron chi connectivity index (χ2n) is 6.75. The number of anilines is 1. The van der Waals surface area contributed by atoms with Crippen LogP contribution < -0.4 is 4.90 Å². The molecule has 1 fully saturated rings. The quantitative estimate of drug-likeness (QED) is 0.209. The molecule has 1 saturated heterocycles. The van der Waals surface area contributed by atoms with Crippen LogP contribution in [0.1, 0.15) is 11.3 Å². The summed E-state index contributed by atoms with van der Waals surface area (Å²) in [5.41, 5.74) is 1.53. The van der Waals surface area contributed by atoms with Gasteiger partial charge in [0.1, 0.15) is 11.5 Å². The Morgan fingerprint density at radius 3 is 2.44 bits per heavy atom. The summed E-state index contributed by atoms with van der Waals surface area (Å²) in [6, 6.07) is 13.5. The van der Waals surface area contributed by atoms with E-state index in [0.29, 0.717) is 33.2 Å². The largest absolute Gasteiger partial charge is 0.457 e. The van der Waals surface area contributed by atoms with Crippen LogP contribution in [0.4, 0.5) is 17.1 Å². The number of furan rings is 1. The summed E-state index contributed by atoms with van der Waals surface area (Å²) in [4.78, 5) is 35.4. The van der Waals surface area contributed by atoms with Crippen LogP contribution in [0.5, 0.6) is 0 Å². The number of non-ortho nitro benzene ring substituents is 2. The molecular weight excluding hydrogens is 454 g/mol. The first-order valence-corrected chi connectivity index (χ1v) is 10.3. The molecule has 0 aliphatic carbocycles. The Kier molecular flexibility index (Phi) is 5.59. The van der Waals surface area contributed by atoms with E-state index >= 15 is 0 Å². The first-order valence-electron chi connectivity index (χ1n) is 9.12. The molecule has 2 aromatic carbocycles. The minimum Gasteiger partial charge on any atom is -0.457 e. The highest BCUT2D eigenvalue weighted by molar-refractivity contribution is 8.27. The number of hydrogen-bond acceptors (Lipinski definition) is 8. The summed E-state index contributed by atoms with van der Waals surface area (Å²) in [5.74, 6) is 0.486. The fourth-order valence-electron chi connectivity index (χ4n) is 3.18. The molecule has 0 bridgehead atoms. The Hall–Kier alpha value is -3.83. The third-order valence-electron chi connectivity index (χ3n) is 4.68. The standard InChI is InChI=1S/C21H13N3O6S2/c1-12-9-15(24(28)29)5-7-17(12)18-8-6-16(30-18)11-19-20(25)22(21(31)32-19)13-3-2-4-14(10-13)23(26)27/h2-11H,1H3/b19-11+. The lowest BCUT2D eigenvalue weighted by Crippen LogP contribution is -2.27. The maximum atomic E-state index is 12.9. The number of thioether (sulfide) groups is 1. The van der Waals surface area contributed by atoms with E-state index < -0.39 is 15.8 Å². The van der Waals surface area contributed by atoms with Crippen LogP contribution in [0.15, 0.2) is 63.9 Å². The highest BCUT2D eigenvalue weighted by atomic mass is 32.2. The van der Waals surface area contributed by atoms with Gasteiger partial charge in [0.2, 0.25) is 0 Å². The molecule has 0 unspecified atom stereocenters. The summed E-state index contributed by atoms with van der Waals surface area (Å²) < 4.78 is 6.07. The van der Waals surface area contributed by atoms with Crippen LogP contribution in [0.3, 0.4) is 0 Å². The number of benzene rings is 2. The minimum absolute atomic E-state index is 0.0112. The van der Waals surface area contributed by atoms with Crippen LogP contribution in [-0.4, -0.2) is 20.1 Å². The molecule has 3 aromatic rings. The lowest BCUT2D eigenvalue weighted by Gasteiger charge is -2.13. The Balaban J connectivity index is 1.61. The SMILES string of the molecule is Cc1cc([N+](=O)[O-])ccc1-c1ccc(/C=C2/SC(=S)N(c3cccc([N+](=O)[O-])c3)C2=O)o1. The number of carbonyl (C=O) groups excluding carboxylic acids is 1. The van der Waals surface area contributed by atoms with Gasteiger partial charge < -0.3 is 4.42 Å². The summed E-state index contributed by atoms with van der Waals surface area (Å²) in [6.45, 7) is 1.74. The van der Waals surface area contributed by atoms with Gasteiger partial charge in [-0.3, -0.25) is 29.9 Å². The van der Waals surface area contributed by atoms with Gasteiger partial charge in [-0.1, -0.05) is 30.0 Å². The van der Waals surface area contributed by atoms with Crippen molar-refractivity contribution in [3.63, 3.8) is 0 Å². The van der Waals surface area contributed by atoms with Crippen LogP contribution in [0, 0.1) is 27.2 Å². The van der Waals surface area contributed by atoms with Gasteiger partial charge in [0.15, 0.2) is 4.32 Å². The van der Waals surface area contributed by atoms with Crippen molar-refractivity contribution in [3.05, 3.63) is 91.1 Å². The predicted octanol–water partition coefficient (Wildman–Crippen LogP) is 5.48. The molecule has 1 aliphatic heterocycles. The Morgan fingerprint density at radius 2 is 1.75 bits per heavy atom. The van der Waals surface area contributed by atoms with Crippen molar-refractivity contribution in [1.82, 2.24) is 0 Å². The van der Waals surface area contributed by atoms with E-state index in [-0.39, 0.29) is 15.7 Å². The number of hydrogen-bond donors (Lipinski definition) is 0. The molecule has 1 amide bonds. The summed E-state index contributed by atoms with van der Waals surface area (Å²) in [5, 5.41) is 22.0. The molecule has 0 saturated carbocycles. The molecule has 1 aliphatic rings. The first kappa shape index (κ1) is 21.4. The summed E-state index contributed by atoms with van der Waals surface area (Å²) >= 11 is 6.37. The second-order valence-corrected chi connectivity index (χ2v) is 8.43. The zero-order valence-corrected chi connectivity index (χ0v) is 18.0. The van der Waals surface area contributed by atoms with Crippen molar-refractivity contribution in [3.8, 4) is 11.3 Å². The summed E-state index contributed by atoms with van der Waals surface area (Å²) in [6.07, 6.45) is 1.54. The Morgan fingerprint density at radius 1 is 1.03 bits per heavy atom. The van der Waals surface area contributed by atoms with Gasteiger partial charge in [-0.05, 0) is 36.8 Å². The lowest BCUT2D eigenvalue weighted by atomic mass is 10.1. The van der Waals surface area contributed by atoms with Crippen LogP contribution in [0.2, 0.25) is 0 Å². The molecule has 2 heterocycles. The van der Waals surface area contributed by atoms with Crippen LogP contribution in [-0.2, 0) is 4.79 Å². The number of nitrogens with zero attached hydrogens (tertiary/aromatic N) is 3. The highest BCUT2D eigenvalue weighted by Gasteiger charge is 2.34. The maximum absolute atomic E-state index is 12.9. The van der Waals surface area contributed by atoms with E-state index in [1.807, 2.05) is 0 Å². The van der Waals surface area contributed by atoms with E-state index in [9.17, 15) is 25.0 Å². The van der Waals surface area contributed by atoms with Gasteiger partial charge in [0.25, 0.3) is 17.3 Å². The first-order chi connectivity index (χ1) is 15.2. The number of amides is 1. The zero-order chi connectivity index (χ0) is 23.0. The molecule has 0 atom stereocenters. The third-order valence-corrected chi connectivity index (χ3v) is 5.98. The van der Waals surface area contributed by atoms with E-state index in [4.69, 9.17) is 16.6 Å². The van der Waals surface area contributed by atoms with Gasteiger partial charge in [0, 0.05) is 35.9 Å². The maximum Gasteiger partial charge on any atom is 0.271 e. The van der Waals surface area contributed by atoms with Crippen LogP contribution in [0.25, 0.3) is 17.4 Å². The molecule has 4 rings (SSSR count). The molecule has 0 radical (unpaired) electrons. The molecule has 0 N–H and O–H groups in total. The number of nitro benzene ring substituents is 2. The Labute approximate surface area is 190 Å². The van der Waals surface area contributed by atoms with Crippen molar-refractivity contribution in [2.45, 2.75) is 6.92 Å². The van der Waals surface area contributed by atoms with Gasteiger partial charge in [-0.2, -0.15) is 0 Å². The Bertz CT molecular complexity index is 1330. The molecule has 9 nitrogen and oxygen atoms in total. The second kappa shape index (κ2) is 8.36. The number of rotatable bonds is 5. The fraction of sp³-hybridized carbons (Fsp3) is 0.0476. The normalized spacial score (nSPS) is 14.9. The van der Waals surface area contributed by atoms with Gasteiger partial charge >= 0.3 is 0 Å². The topological polar surface area (TPSA) is 120 Å². The fourth-order valence-corrected chi connectivity index (χ4v) is 4.46. The van der Waals surface area contributed by atoms with Crippen molar-refractivity contribution in [2.75, 3.05) is 4.90 Å². The molecule has 0 spiro atoms. The average molecular weight is 467 g/mol. The minimum atomic E-state index is -0.540. The van der Waals surface area contributed by atoms with E-state index in [2.05, 4.69) is 0 Å². The third kappa shape index (κ3) is 4.03. The van der Waals surface area contributed by atoms with E-state index in [0.717, 1.165) is 11.8 Å². The van der Waals surface area contributed by atoms with Crippen LogP contribution >= 0.6 is 24.0 Å². The average Bonchev–Trinajstić information content (AvgIpc) is 3.32. The number of aryl methyl sites for hydroxylation is 1. The summed E-state index contributed by atoms with van der Waals surface area (Å²) in [7, 11) is 0. The lowest BCUT2D eigenvalue weighted by molar-refractivity contribution is -0.385. The van der Waals surface area contributed by atoms with Gasteiger partial charge in [-0.25, -0.2) is 0 Å². The van der Waals surface area contributed by atoms with Gasteiger partial charge in [0.05, 0.1) is 20.4 Å². The monoisotopic (exact) mass is 467 g/mol.